The van der Waals surface area contributed by atoms with Gasteiger partial charge in [0.15, 0.2) is 0 Å². The Balaban J connectivity index is 1.81. The summed E-state index contributed by atoms with van der Waals surface area (Å²) in [6, 6.07) is 3.89. The Kier molecular flexibility index (Phi) is 7.23. The lowest BCUT2D eigenvalue weighted by Crippen LogP contribution is -2.54. The third-order valence-corrected chi connectivity index (χ3v) is 4.33. The maximum Gasteiger partial charge on any atom is 0.239 e. The summed E-state index contributed by atoms with van der Waals surface area (Å²) in [5.74, 6) is 0.491. The molecule has 0 bridgehead atoms. The van der Waals surface area contributed by atoms with Crippen molar-refractivity contribution in [1.82, 2.24) is 14.8 Å². The van der Waals surface area contributed by atoms with E-state index in [1.165, 1.54) is 6.20 Å². The molecular formula is C16H25ClN4O2. The number of hydrogen-bond donors (Lipinski definition) is 1. The zero-order chi connectivity index (χ0) is 16.7. The first kappa shape index (κ1) is 18.1. The van der Waals surface area contributed by atoms with Crippen molar-refractivity contribution in [2.75, 3.05) is 51.8 Å². The first-order chi connectivity index (χ1) is 11.1. The van der Waals surface area contributed by atoms with Crippen LogP contribution in [0.3, 0.4) is 0 Å². The summed E-state index contributed by atoms with van der Waals surface area (Å²) in [6.07, 6.45) is 2.60. The number of ether oxygens (including phenoxy) is 1. The highest BCUT2D eigenvalue weighted by atomic mass is 35.5. The Morgan fingerprint density at radius 3 is 2.96 bits per heavy atom. The topological polar surface area (TPSA) is 57.7 Å². The van der Waals surface area contributed by atoms with Crippen LogP contribution in [-0.4, -0.2) is 73.2 Å². The number of pyridine rings is 1. The summed E-state index contributed by atoms with van der Waals surface area (Å²) >= 11 is 5.79. The van der Waals surface area contributed by atoms with Crippen LogP contribution in [0, 0.1) is 0 Å². The van der Waals surface area contributed by atoms with E-state index in [1.54, 1.807) is 19.2 Å². The van der Waals surface area contributed by atoms with Crippen LogP contribution in [0.15, 0.2) is 18.3 Å². The molecule has 0 unspecified atom stereocenters. The molecule has 128 valence electrons. The van der Waals surface area contributed by atoms with Gasteiger partial charge in [-0.2, -0.15) is 0 Å². The lowest BCUT2D eigenvalue weighted by Gasteiger charge is -2.40. The molecule has 1 aromatic heterocycles. The number of anilines is 1. The van der Waals surface area contributed by atoms with Crippen LogP contribution in [0.2, 0.25) is 5.02 Å². The van der Waals surface area contributed by atoms with Crippen LogP contribution in [0.4, 0.5) is 5.82 Å². The van der Waals surface area contributed by atoms with Gasteiger partial charge in [0.05, 0.1) is 18.2 Å². The minimum atomic E-state index is -0.0417. The number of nitrogens with one attached hydrogen (secondary N) is 1. The molecule has 1 saturated heterocycles. The number of nitrogens with zero attached hydrogens (tertiary/aromatic N) is 3. The largest absolute Gasteiger partial charge is 0.383 e. The number of carbonyl (C=O) groups is 1. The second-order valence-corrected chi connectivity index (χ2v) is 6.17. The molecule has 23 heavy (non-hydrogen) atoms. The predicted molar refractivity (Wildman–Crippen MR) is 91.8 cm³/mol. The summed E-state index contributed by atoms with van der Waals surface area (Å²) in [5, 5.41) is 3.37. The zero-order valence-electron chi connectivity index (χ0n) is 13.8. The van der Waals surface area contributed by atoms with Crippen LogP contribution < -0.4 is 5.32 Å². The molecule has 2 rings (SSSR count). The second-order valence-electron chi connectivity index (χ2n) is 5.74. The number of hydrogen-bond acceptors (Lipinski definition) is 5. The number of carbonyl (C=O) groups excluding carboxylic acids is 1. The maximum absolute atomic E-state index is 12.2. The third-order valence-electron chi connectivity index (χ3n) is 4.10. The Bertz CT molecular complexity index is 497. The van der Waals surface area contributed by atoms with E-state index in [4.69, 9.17) is 16.3 Å². The highest BCUT2D eigenvalue weighted by Gasteiger charge is 2.26. The van der Waals surface area contributed by atoms with Gasteiger partial charge in [-0.25, -0.2) is 4.98 Å². The summed E-state index contributed by atoms with van der Waals surface area (Å²) in [4.78, 5) is 20.9. The predicted octanol–water partition coefficient (Wildman–Crippen LogP) is 1.72. The van der Waals surface area contributed by atoms with Crippen LogP contribution in [0.5, 0.6) is 0 Å². The van der Waals surface area contributed by atoms with Crippen LogP contribution >= 0.6 is 11.6 Å². The van der Waals surface area contributed by atoms with E-state index in [-0.39, 0.29) is 5.91 Å². The average molecular weight is 341 g/mol. The van der Waals surface area contributed by atoms with Crippen LogP contribution in [-0.2, 0) is 9.53 Å². The van der Waals surface area contributed by atoms with Crippen molar-refractivity contribution < 1.29 is 9.53 Å². The SMILES string of the molecule is CC[C@@H]1CN(CC(=O)Nc2ccc(Cl)cn2)CCN1CCOC. The summed E-state index contributed by atoms with van der Waals surface area (Å²) in [6.45, 7) is 7.03. The molecule has 1 aliphatic rings. The lowest BCUT2D eigenvalue weighted by molar-refractivity contribution is -0.118. The fraction of sp³-hybridized carbons (Fsp3) is 0.625. The van der Waals surface area contributed by atoms with Crippen molar-refractivity contribution in [3.63, 3.8) is 0 Å². The van der Waals surface area contributed by atoms with Crippen molar-refractivity contribution in [3.8, 4) is 0 Å². The van der Waals surface area contributed by atoms with Gasteiger partial charge in [-0.1, -0.05) is 18.5 Å². The van der Waals surface area contributed by atoms with Gasteiger partial charge in [-0.3, -0.25) is 14.6 Å². The zero-order valence-corrected chi connectivity index (χ0v) is 14.6. The van der Waals surface area contributed by atoms with Gasteiger partial charge in [0.25, 0.3) is 0 Å². The molecule has 1 aliphatic heterocycles. The monoisotopic (exact) mass is 340 g/mol. The second kappa shape index (κ2) is 9.17. The maximum atomic E-state index is 12.2. The van der Waals surface area contributed by atoms with Gasteiger partial charge in [-0.05, 0) is 18.6 Å². The molecule has 1 amide bonds. The van der Waals surface area contributed by atoms with Gasteiger partial charge in [-0.15, -0.1) is 0 Å². The quantitative estimate of drug-likeness (QED) is 0.819. The molecule has 1 aromatic rings. The Morgan fingerprint density at radius 2 is 2.30 bits per heavy atom. The Hall–Kier alpha value is -1.21. The average Bonchev–Trinajstić information content (AvgIpc) is 2.55. The molecule has 0 aliphatic carbocycles. The van der Waals surface area contributed by atoms with E-state index in [0.717, 1.165) is 39.2 Å². The fourth-order valence-electron chi connectivity index (χ4n) is 2.83. The van der Waals surface area contributed by atoms with E-state index < -0.39 is 0 Å². The lowest BCUT2D eigenvalue weighted by atomic mass is 10.1. The molecule has 7 heteroatoms. The fourth-order valence-corrected chi connectivity index (χ4v) is 2.94. The summed E-state index contributed by atoms with van der Waals surface area (Å²) in [5.41, 5.74) is 0. The highest BCUT2D eigenvalue weighted by Crippen LogP contribution is 2.13. The van der Waals surface area contributed by atoms with Crippen molar-refractivity contribution in [2.24, 2.45) is 0 Å². The normalized spacial score (nSPS) is 19.7. The van der Waals surface area contributed by atoms with E-state index in [1.807, 2.05) is 0 Å². The van der Waals surface area contributed by atoms with Gasteiger partial charge in [0.2, 0.25) is 5.91 Å². The minimum Gasteiger partial charge on any atom is -0.383 e. The number of rotatable bonds is 7. The molecule has 0 saturated carbocycles. The van der Waals surface area contributed by atoms with Gasteiger partial charge >= 0.3 is 0 Å². The number of amides is 1. The van der Waals surface area contributed by atoms with E-state index in [0.29, 0.717) is 23.4 Å². The molecule has 1 atom stereocenters. The molecule has 6 nitrogen and oxygen atoms in total. The van der Waals surface area contributed by atoms with Gasteiger partial charge < -0.3 is 10.1 Å². The molecule has 1 N–H and O–H groups in total. The Labute approximate surface area is 142 Å². The first-order valence-corrected chi connectivity index (χ1v) is 8.37. The molecular weight excluding hydrogens is 316 g/mol. The Morgan fingerprint density at radius 1 is 1.48 bits per heavy atom. The molecule has 0 spiro atoms. The molecule has 0 radical (unpaired) electrons. The van der Waals surface area contributed by atoms with Crippen LogP contribution in [0.1, 0.15) is 13.3 Å². The molecule has 2 heterocycles. The van der Waals surface area contributed by atoms with E-state index >= 15 is 0 Å². The molecule has 1 fully saturated rings. The van der Waals surface area contributed by atoms with Gasteiger partial charge in [0.1, 0.15) is 5.82 Å². The standard InChI is InChI=1S/C16H25ClN4O2/c1-3-14-11-20(6-7-21(14)8-9-23-2)12-16(22)19-15-5-4-13(17)10-18-15/h4-5,10,14H,3,6-9,11-12H2,1-2H3,(H,18,19,22)/t14-/m1/s1. The van der Waals surface area contributed by atoms with E-state index in [2.05, 4.69) is 27.0 Å². The number of methoxy groups -OCH3 is 1. The summed E-state index contributed by atoms with van der Waals surface area (Å²) < 4.78 is 5.17. The van der Waals surface area contributed by atoms with Crippen molar-refractivity contribution in [1.29, 1.82) is 0 Å². The van der Waals surface area contributed by atoms with Crippen molar-refractivity contribution in [3.05, 3.63) is 23.4 Å². The minimum absolute atomic E-state index is 0.0417. The third kappa shape index (κ3) is 5.73. The smallest absolute Gasteiger partial charge is 0.239 e. The van der Waals surface area contributed by atoms with Crippen LogP contribution in [0.25, 0.3) is 0 Å². The number of halogens is 1. The number of aromatic nitrogens is 1. The highest BCUT2D eigenvalue weighted by molar-refractivity contribution is 6.30. The summed E-state index contributed by atoms with van der Waals surface area (Å²) in [7, 11) is 1.73. The van der Waals surface area contributed by atoms with Crippen molar-refractivity contribution >= 4 is 23.3 Å². The van der Waals surface area contributed by atoms with E-state index in [9.17, 15) is 4.79 Å². The first-order valence-electron chi connectivity index (χ1n) is 7.99. The number of piperazine rings is 1. The van der Waals surface area contributed by atoms with Crippen molar-refractivity contribution in [2.45, 2.75) is 19.4 Å². The van der Waals surface area contributed by atoms with Gasteiger partial charge in [0, 0.05) is 45.5 Å². The molecule has 0 aromatic carbocycles.